The Kier molecular flexibility index (Phi) is 7.91. The molecule has 0 aliphatic carbocycles. The van der Waals surface area contributed by atoms with Gasteiger partial charge in [-0.05, 0) is 43.3 Å². The average Bonchev–Trinajstić information content (AvgIpc) is 3.21. The van der Waals surface area contributed by atoms with E-state index in [-0.39, 0.29) is 38.0 Å². The summed E-state index contributed by atoms with van der Waals surface area (Å²) in [5.74, 6) is -1.92. The molecule has 2 heterocycles. The van der Waals surface area contributed by atoms with E-state index in [1.807, 2.05) is 0 Å². The molecule has 2 saturated heterocycles. The van der Waals surface area contributed by atoms with Crippen LogP contribution in [0.1, 0.15) is 18.1 Å². The minimum absolute atomic E-state index is 0.0123. The Morgan fingerprint density at radius 1 is 1.05 bits per heavy atom. The van der Waals surface area contributed by atoms with Gasteiger partial charge in [0, 0.05) is 32.4 Å². The summed E-state index contributed by atoms with van der Waals surface area (Å²) in [4.78, 5) is 28.6. The Labute approximate surface area is 223 Å². The maximum absolute atomic E-state index is 14.0. The maximum atomic E-state index is 14.0. The van der Waals surface area contributed by atoms with Crippen LogP contribution >= 0.6 is 0 Å². The molecular formula is C25H24F7N3O5. The summed E-state index contributed by atoms with van der Waals surface area (Å²) in [5, 5.41) is 0. The third-order valence-corrected chi connectivity index (χ3v) is 6.39. The molecular weight excluding hydrogens is 555 g/mol. The predicted molar refractivity (Wildman–Crippen MR) is 127 cm³/mol. The lowest BCUT2D eigenvalue weighted by molar-refractivity contribution is -0.199. The van der Waals surface area contributed by atoms with Crippen LogP contribution in [0.4, 0.5) is 51.7 Å². The third kappa shape index (κ3) is 6.25. The number of hydrogen-bond acceptors (Lipinski definition) is 5. The van der Waals surface area contributed by atoms with E-state index in [0.29, 0.717) is 24.2 Å². The second-order valence-electron chi connectivity index (χ2n) is 9.48. The molecule has 0 saturated carbocycles. The number of benzene rings is 2. The first-order valence-corrected chi connectivity index (χ1v) is 11.9. The summed E-state index contributed by atoms with van der Waals surface area (Å²) in [7, 11) is 1.11. The quantitative estimate of drug-likeness (QED) is 0.403. The van der Waals surface area contributed by atoms with Crippen LogP contribution in [0.25, 0.3) is 0 Å². The van der Waals surface area contributed by atoms with Gasteiger partial charge >= 0.3 is 24.5 Å². The second-order valence-corrected chi connectivity index (χ2v) is 9.48. The highest BCUT2D eigenvalue weighted by atomic mass is 19.4. The van der Waals surface area contributed by atoms with Gasteiger partial charge in [-0.2, -0.15) is 26.3 Å². The molecule has 2 aliphatic heterocycles. The zero-order chi connectivity index (χ0) is 29.5. The molecule has 0 radical (unpaired) electrons. The number of amides is 3. The van der Waals surface area contributed by atoms with Crippen molar-refractivity contribution in [3.63, 3.8) is 0 Å². The van der Waals surface area contributed by atoms with Crippen molar-refractivity contribution in [1.29, 1.82) is 0 Å². The Morgan fingerprint density at radius 3 is 2.25 bits per heavy atom. The molecule has 218 valence electrons. The van der Waals surface area contributed by atoms with Crippen molar-refractivity contribution in [2.75, 3.05) is 56.3 Å². The molecule has 15 heteroatoms. The molecule has 0 aromatic heterocycles. The Hall–Kier alpha value is -3.59. The van der Waals surface area contributed by atoms with Gasteiger partial charge in [0.05, 0.1) is 31.1 Å². The van der Waals surface area contributed by atoms with E-state index in [2.05, 4.69) is 0 Å². The van der Waals surface area contributed by atoms with Gasteiger partial charge in [-0.3, -0.25) is 9.80 Å². The van der Waals surface area contributed by atoms with Gasteiger partial charge in [0.2, 0.25) is 0 Å². The number of nitrogens with zero attached hydrogens (tertiary/aromatic N) is 3. The Bertz CT molecular complexity index is 1260. The molecule has 2 fully saturated rings. The van der Waals surface area contributed by atoms with Gasteiger partial charge in [-0.15, -0.1) is 0 Å². The Balaban J connectivity index is 1.67. The topological polar surface area (TPSA) is 71.6 Å². The minimum atomic E-state index is -5.39. The SMILES string of the molecule is CN(C(=O)Oc1c(N2CCN(CCOC3(C)COC3)C2=O)cc(C(F)(F)F)cc1C(F)(F)F)c1ccc(F)cc1. The van der Waals surface area contributed by atoms with Crippen molar-refractivity contribution in [1.82, 2.24) is 4.90 Å². The van der Waals surface area contributed by atoms with Crippen molar-refractivity contribution in [2.24, 2.45) is 0 Å². The highest BCUT2D eigenvalue weighted by Crippen LogP contribution is 2.47. The number of halogens is 7. The molecule has 2 aromatic rings. The van der Waals surface area contributed by atoms with Crippen LogP contribution in [-0.4, -0.2) is 69.1 Å². The van der Waals surface area contributed by atoms with Crippen LogP contribution in [0.3, 0.4) is 0 Å². The lowest BCUT2D eigenvalue weighted by atomic mass is 10.1. The molecule has 0 bridgehead atoms. The number of carbonyl (C=O) groups is 2. The van der Waals surface area contributed by atoms with Crippen molar-refractivity contribution >= 4 is 23.5 Å². The van der Waals surface area contributed by atoms with Crippen LogP contribution in [0, 0.1) is 5.82 Å². The molecule has 0 atom stereocenters. The minimum Gasteiger partial charge on any atom is -0.407 e. The fraction of sp³-hybridized carbons (Fsp3) is 0.440. The van der Waals surface area contributed by atoms with Gasteiger partial charge in [0.25, 0.3) is 0 Å². The molecule has 0 spiro atoms. The molecule has 0 unspecified atom stereocenters. The fourth-order valence-corrected chi connectivity index (χ4v) is 4.11. The lowest BCUT2D eigenvalue weighted by Crippen LogP contribution is -2.50. The van der Waals surface area contributed by atoms with Gasteiger partial charge in [0.15, 0.2) is 5.75 Å². The van der Waals surface area contributed by atoms with E-state index in [0.717, 1.165) is 36.2 Å². The summed E-state index contributed by atoms with van der Waals surface area (Å²) in [6, 6.07) is 3.53. The summed E-state index contributed by atoms with van der Waals surface area (Å²) in [6.07, 6.45) is -12.0. The molecule has 40 heavy (non-hydrogen) atoms. The van der Waals surface area contributed by atoms with Crippen LogP contribution in [0.2, 0.25) is 0 Å². The zero-order valence-electron chi connectivity index (χ0n) is 21.2. The second kappa shape index (κ2) is 10.8. The number of alkyl halides is 6. The van der Waals surface area contributed by atoms with Crippen LogP contribution in [0.5, 0.6) is 5.75 Å². The van der Waals surface area contributed by atoms with Crippen LogP contribution < -0.4 is 14.5 Å². The maximum Gasteiger partial charge on any atom is 0.420 e. The fourth-order valence-electron chi connectivity index (χ4n) is 4.11. The lowest BCUT2D eigenvalue weighted by Gasteiger charge is -2.38. The highest BCUT2D eigenvalue weighted by molar-refractivity contribution is 5.97. The zero-order valence-corrected chi connectivity index (χ0v) is 21.2. The van der Waals surface area contributed by atoms with E-state index in [9.17, 15) is 40.3 Å². The molecule has 2 aliphatic rings. The van der Waals surface area contributed by atoms with Gasteiger partial charge < -0.3 is 19.1 Å². The number of anilines is 2. The van der Waals surface area contributed by atoms with Crippen molar-refractivity contribution < 1.29 is 54.5 Å². The predicted octanol–water partition coefficient (Wildman–Crippen LogP) is 5.55. The average molecular weight is 579 g/mol. The number of hydrogen-bond donors (Lipinski definition) is 0. The number of urea groups is 1. The first kappa shape index (κ1) is 29.4. The van der Waals surface area contributed by atoms with Gasteiger partial charge in [-0.25, -0.2) is 14.0 Å². The first-order chi connectivity index (χ1) is 18.6. The van der Waals surface area contributed by atoms with Crippen molar-refractivity contribution in [3.8, 4) is 5.75 Å². The van der Waals surface area contributed by atoms with Gasteiger partial charge in [0.1, 0.15) is 17.0 Å². The van der Waals surface area contributed by atoms with Gasteiger partial charge in [-0.1, -0.05) is 0 Å². The normalized spacial score (nSPS) is 17.2. The van der Waals surface area contributed by atoms with Crippen molar-refractivity contribution in [3.05, 3.63) is 53.3 Å². The monoisotopic (exact) mass is 579 g/mol. The van der Waals surface area contributed by atoms with E-state index >= 15 is 0 Å². The standard InChI is InChI=1S/C25H24F7N3O5/c1-23(13-38-14-23)39-10-9-34-7-8-35(21(34)36)19-12-15(24(27,28)29)11-18(25(30,31)32)20(19)40-22(37)33(2)17-5-3-16(26)4-6-17/h3-6,11-12H,7-10,13-14H2,1-2H3. The number of rotatable bonds is 7. The molecule has 2 aromatic carbocycles. The molecule has 3 amide bonds. The summed E-state index contributed by atoms with van der Waals surface area (Å²) < 4.78 is 112. The third-order valence-electron chi connectivity index (χ3n) is 6.39. The Morgan fingerprint density at radius 2 is 1.70 bits per heavy atom. The molecule has 0 N–H and O–H groups in total. The van der Waals surface area contributed by atoms with Crippen molar-refractivity contribution in [2.45, 2.75) is 24.9 Å². The van der Waals surface area contributed by atoms with E-state index in [1.165, 1.54) is 4.90 Å². The van der Waals surface area contributed by atoms with E-state index in [1.54, 1.807) is 6.92 Å². The summed E-state index contributed by atoms with van der Waals surface area (Å²) >= 11 is 0. The summed E-state index contributed by atoms with van der Waals surface area (Å²) in [5.41, 5.74) is -4.97. The summed E-state index contributed by atoms with van der Waals surface area (Å²) in [6.45, 7) is 2.24. The number of carbonyl (C=O) groups excluding carboxylic acids is 2. The molecule has 8 nitrogen and oxygen atoms in total. The highest BCUT2D eigenvalue weighted by Gasteiger charge is 2.44. The van der Waals surface area contributed by atoms with E-state index in [4.69, 9.17) is 14.2 Å². The number of ether oxygens (including phenoxy) is 3. The smallest absolute Gasteiger partial charge is 0.407 e. The van der Waals surface area contributed by atoms with E-state index < -0.39 is 58.5 Å². The largest absolute Gasteiger partial charge is 0.420 e. The first-order valence-electron chi connectivity index (χ1n) is 11.9. The van der Waals surface area contributed by atoms with Crippen LogP contribution in [-0.2, 0) is 21.8 Å². The van der Waals surface area contributed by atoms with Crippen LogP contribution in [0.15, 0.2) is 36.4 Å². The molecule has 4 rings (SSSR count).